The second-order valence-electron chi connectivity index (χ2n) is 5.22. The van der Waals surface area contributed by atoms with Gasteiger partial charge in [0, 0.05) is 10.4 Å². The summed E-state index contributed by atoms with van der Waals surface area (Å²) in [6.45, 7) is 2.20. The van der Waals surface area contributed by atoms with Gasteiger partial charge < -0.3 is 0 Å². The van der Waals surface area contributed by atoms with Gasteiger partial charge in [0.2, 0.25) is 0 Å². The predicted molar refractivity (Wildman–Crippen MR) is 88.7 cm³/mol. The van der Waals surface area contributed by atoms with Crippen LogP contribution in [0.15, 0.2) is 60.7 Å². The molecule has 0 fully saturated rings. The van der Waals surface area contributed by atoms with E-state index in [1.54, 1.807) is 0 Å². The van der Waals surface area contributed by atoms with Crippen molar-refractivity contribution < 1.29 is 0 Å². The molecule has 4 aromatic rings. The molecule has 4 aromatic carbocycles. The first-order valence-electron chi connectivity index (χ1n) is 6.75. The smallest absolute Gasteiger partial charge is 0.0484 e. The van der Waals surface area contributed by atoms with E-state index in [4.69, 9.17) is 11.6 Å². The highest BCUT2D eigenvalue weighted by atomic mass is 35.5. The van der Waals surface area contributed by atoms with Gasteiger partial charge in [-0.25, -0.2) is 0 Å². The molecule has 1 heteroatoms. The largest absolute Gasteiger partial charge is 0.0837 e. The van der Waals surface area contributed by atoms with E-state index in [1.807, 2.05) is 12.1 Å². The third-order valence-corrected chi connectivity index (χ3v) is 4.45. The summed E-state index contributed by atoms with van der Waals surface area (Å²) >= 11 is 6.32. The topological polar surface area (TPSA) is 0 Å². The van der Waals surface area contributed by atoms with E-state index >= 15 is 0 Å². The van der Waals surface area contributed by atoms with E-state index < -0.39 is 0 Å². The molecular weight excluding hydrogens is 264 g/mol. The van der Waals surface area contributed by atoms with Gasteiger partial charge in [-0.15, -0.1) is 0 Å². The highest BCUT2D eigenvalue weighted by Crippen LogP contribution is 2.34. The molecule has 0 aliphatic carbocycles. The molecule has 0 spiro atoms. The van der Waals surface area contributed by atoms with Crippen LogP contribution in [0.2, 0.25) is 5.02 Å². The van der Waals surface area contributed by atoms with Gasteiger partial charge in [-0.2, -0.15) is 0 Å². The summed E-state index contributed by atoms with van der Waals surface area (Å²) in [5.74, 6) is 0. The maximum absolute atomic E-state index is 6.32. The first kappa shape index (κ1) is 11.7. The third kappa shape index (κ3) is 1.55. The van der Waals surface area contributed by atoms with Crippen LogP contribution in [0, 0.1) is 6.92 Å². The van der Waals surface area contributed by atoms with Crippen LogP contribution in [0.3, 0.4) is 0 Å². The van der Waals surface area contributed by atoms with E-state index in [0.717, 1.165) is 10.4 Å². The minimum atomic E-state index is 0.815. The normalized spacial score (nSPS) is 11.5. The van der Waals surface area contributed by atoms with Crippen LogP contribution in [0.25, 0.3) is 32.3 Å². The molecule has 0 aliphatic rings. The van der Waals surface area contributed by atoms with Crippen molar-refractivity contribution >= 4 is 43.9 Å². The van der Waals surface area contributed by atoms with Crippen LogP contribution >= 0.6 is 11.6 Å². The van der Waals surface area contributed by atoms with Crippen molar-refractivity contribution in [1.29, 1.82) is 0 Å². The van der Waals surface area contributed by atoms with Crippen LogP contribution in [0.4, 0.5) is 0 Å². The van der Waals surface area contributed by atoms with Gasteiger partial charge in [-0.1, -0.05) is 60.1 Å². The van der Waals surface area contributed by atoms with Gasteiger partial charge >= 0.3 is 0 Å². The Hall–Kier alpha value is -2.05. The van der Waals surface area contributed by atoms with Gasteiger partial charge in [0.05, 0.1) is 0 Å². The number of rotatable bonds is 0. The number of aryl methyl sites for hydroxylation is 1. The molecule has 0 N–H and O–H groups in total. The van der Waals surface area contributed by atoms with Crippen molar-refractivity contribution in [3.8, 4) is 0 Å². The second kappa shape index (κ2) is 4.22. The van der Waals surface area contributed by atoms with Gasteiger partial charge in [0.25, 0.3) is 0 Å². The summed E-state index contributed by atoms with van der Waals surface area (Å²) in [5.41, 5.74) is 1.33. The zero-order valence-electron chi connectivity index (χ0n) is 11.2. The van der Waals surface area contributed by atoms with Crippen molar-refractivity contribution in [1.82, 2.24) is 0 Å². The SMILES string of the molecule is Cc1c2ccccc2cc2c1ccc1c(Cl)cccc12. The standard InChI is InChI=1S/C19H13Cl/c1-12-14-6-3-2-5-13(14)11-18-15(12)9-10-17-16(18)7-4-8-19(17)20/h2-11H,1H3. The minimum absolute atomic E-state index is 0.815. The fraction of sp³-hybridized carbons (Fsp3) is 0.0526. The molecule has 20 heavy (non-hydrogen) atoms. The van der Waals surface area contributed by atoms with Crippen LogP contribution in [-0.4, -0.2) is 0 Å². The minimum Gasteiger partial charge on any atom is -0.0837 e. The molecule has 0 nitrogen and oxygen atoms in total. The quantitative estimate of drug-likeness (QED) is 0.268. The van der Waals surface area contributed by atoms with Crippen molar-refractivity contribution in [3.05, 3.63) is 71.2 Å². The Labute approximate surface area is 122 Å². The van der Waals surface area contributed by atoms with Crippen LogP contribution in [-0.2, 0) is 0 Å². The maximum atomic E-state index is 6.32. The number of halogens is 1. The molecule has 4 rings (SSSR count). The van der Waals surface area contributed by atoms with Crippen molar-refractivity contribution in [2.75, 3.05) is 0 Å². The van der Waals surface area contributed by atoms with E-state index in [-0.39, 0.29) is 0 Å². The number of benzene rings is 4. The van der Waals surface area contributed by atoms with E-state index in [1.165, 1.54) is 32.5 Å². The highest BCUT2D eigenvalue weighted by molar-refractivity contribution is 6.36. The molecule has 96 valence electrons. The fourth-order valence-corrected chi connectivity index (χ4v) is 3.33. The summed E-state index contributed by atoms with van der Waals surface area (Å²) in [6.07, 6.45) is 0. The van der Waals surface area contributed by atoms with Crippen molar-refractivity contribution in [2.45, 2.75) is 6.92 Å². The van der Waals surface area contributed by atoms with Gasteiger partial charge in [-0.05, 0) is 51.6 Å². The van der Waals surface area contributed by atoms with Gasteiger partial charge in [-0.3, -0.25) is 0 Å². The second-order valence-corrected chi connectivity index (χ2v) is 5.63. The molecular formula is C19H13Cl. The first-order valence-corrected chi connectivity index (χ1v) is 7.13. The highest BCUT2D eigenvalue weighted by Gasteiger charge is 2.08. The summed E-state index contributed by atoms with van der Waals surface area (Å²) < 4.78 is 0. The fourth-order valence-electron chi connectivity index (χ4n) is 3.09. The molecule has 0 aliphatic heterocycles. The summed E-state index contributed by atoms with van der Waals surface area (Å²) in [7, 11) is 0. The summed E-state index contributed by atoms with van der Waals surface area (Å²) in [5, 5.41) is 8.35. The van der Waals surface area contributed by atoms with Crippen LogP contribution in [0.1, 0.15) is 5.56 Å². The number of hydrogen-bond donors (Lipinski definition) is 0. The molecule has 0 amide bonds. The van der Waals surface area contributed by atoms with Gasteiger partial charge in [0.15, 0.2) is 0 Å². The molecule has 0 unspecified atom stereocenters. The Bertz CT molecular complexity index is 967. The first-order chi connectivity index (χ1) is 9.75. The Morgan fingerprint density at radius 2 is 1.40 bits per heavy atom. The van der Waals surface area contributed by atoms with E-state index in [9.17, 15) is 0 Å². The lowest BCUT2D eigenvalue weighted by Crippen LogP contribution is -1.85. The van der Waals surface area contributed by atoms with Crippen molar-refractivity contribution in [2.24, 2.45) is 0 Å². The molecule has 0 heterocycles. The zero-order chi connectivity index (χ0) is 13.7. The lowest BCUT2D eigenvalue weighted by atomic mass is 9.94. The monoisotopic (exact) mass is 276 g/mol. The molecule has 0 aromatic heterocycles. The Kier molecular flexibility index (Phi) is 2.48. The predicted octanol–water partition coefficient (Wildman–Crippen LogP) is 6.11. The lowest BCUT2D eigenvalue weighted by Gasteiger charge is -2.11. The molecule has 0 saturated carbocycles. The Balaban J connectivity index is 2.31. The average Bonchev–Trinajstić information content (AvgIpc) is 2.48. The Morgan fingerprint density at radius 1 is 0.650 bits per heavy atom. The zero-order valence-corrected chi connectivity index (χ0v) is 11.9. The summed E-state index contributed by atoms with van der Waals surface area (Å²) in [4.78, 5) is 0. The Morgan fingerprint density at radius 3 is 2.30 bits per heavy atom. The molecule has 0 radical (unpaired) electrons. The third-order valence-electron chi connectivity index (χ3n) is 4.12. The molecule has 0 bridgehead atoms. The number of hydrogen-bond acceptors (Lipinski definition) is 0. The van der Waals surface area contributed by atoms with E-state index in [2.05, 4.69) is 55.5 Å². The average molecular weight is 277 g/mol. The van der Waals surface area contributed by atoms with Crippen LogP contribution in [0.5, 0.6) is 0 Å². The summed E-state index contributed by atoms with van der Waals surface area (Å²) in [6, 6.07) is 21.3. The maximum Gasteiger partial charge on any atom is 0.0484 e. The van der Waals surface area contributed by atoms with Crippen LogP contribution < -0.4 is 0 Å². The van der Waals surface area contributed by atoms with Crippen molar-refractivity contribution in [3.63, 3.8) is 0 Å². The molecule has 0 saturated heterocycles. The van der Waals surface area contributed by atoms with Gasteiger partial charge in [0.1, 0.15) is 0 Å². The van der Waals surface area contributed by atoms with E-state index in [0.29, 0.717) is 0 Å². The lowest BCUT2D eigenvalue weighted by molar-refractivity contribution is 1.59. The number of fused-ring (bicyclic) bond motifs is 4. The molecule has 0 atom stereocenters.